The quantitative estimate of drug-likeness (QED) is 0.457. The van der Waals surface area contributed by atoms with Crippen LogP contribution >= 0.6 is 33.3 Å². The molecule has 0 unspecified atom stereocenters. The van der Waals surface area contributed by atoms with Crippen molar-refractivity contribution in [2.24, 2.45) is 0 Å². The first-order valence-corrected chi connectivity index (χ1v) is 7.13. The fraction of sp³-hybridized carbons (Fsp3) is 0.286. The van der Waals surface area contributed by atoms with Crippen LogP contribution < -0.4 is 4.74 Å². The minimum absolute atomic E-state index is 0.132. The molecule has 1 aromatic heterocycles. The predicted octanol–water partition coefficient (Wildman–Crippen LogP) is 2.56. The number of pyridine rings is 1. The minimum Gasteiger partial charge on any atom is -0.494 e. The van der Waals surface area contributed by atoms with Crippen molar-refractivity contribution < 1.29 is 21.9 Å². The van der Waals surface area contributed by atoms with E-state index in [1.54, 1.807) is 0 Å². The molecule has 1 aromatic rings. The Labute approximate surface area is 109 Å². The topological polar surface area (TPSA) is 56.3 Å². The Hall–Kier alpha value is -0.220. The first kappa shape index (κ1) is 13.8. The van der Waals surface area contributed by atoms with Crippen LogP contribution in [0.2, 0.25) is 0 Å². The molecule has 0 radical (unpaired) electrons. The summed E-state index contributed by atoms with van der Waals surface area (Å²) < 4.78 is 52.4. The first-order valence-electron chi connectivity index (χ1n) is 3.74. The monoisotopic (exact) mass is 383 g/mol. The van der Waals surface area contributed by atoms with Crippen LogP contribution in [-0.2, 0) is 9.05 Å². The molecule has 0 aromatic carbocycles. The van der Waals surface area contributed by atoms with E-state index < -0.39 is 25.9 Å². The molecule has 0 atom stereocenters. The molecule has 16 heavy (non-hydrogen) atoms. The van der Waals surface area contributed by atoms with Crippen LogP contribution in [0.4, 0.5) is 8.78 Å². The van der Waals surface area contributed by atoms with Gasteiger partial charge in [-0.1, -0.05) is 0 Å². The molecule has 4 nitrogen and oxygen atoms in total. The summed E-state index contributed by atoms with van der Waals surface area (Å²) >= 11 is 1.50. The molecular formula is C7H5ClF2INO3S. The Balaban J connectivity index is 3.70. The lowest BCUT2D eigenvalue weighted by Crippen LogP contribution is -2.06. The van der Waals surface area contributed by atoms with E-state index in [9.17, 15) is 17.2 Å². The molecule has 0 aliphatic heterocycles. The second-order valence-corrected chi connectivity index (χ2v) is 6.12. The molecule has 0 N–H and O–H groups in total. The number of alkyl halides is 2. The highest BCUT2D eigenvalue weighted by Gasteiger charge is 2.29. The van der Waals surface area contributed by atoms with Crippen LogP contribution in [0.3, 0.4) is 0 Å². The van der Waals surface area contributed by atoms with Crippen molar-refractivity contribution in [2.45, 2.75) is 11.3 Å². The predicted molar refractivity (Wildman–Crippen MR) is 61.5 cm³/mol. The van der Waals surface area contributed by atoms with E-state index in [1.807, 2.05) is 0 Å². The van der Waals surface area contributed by atoms with Crippen molar-refractivity contribution >= 4 is 42.3 Å². The SMILES string of the molecule is COc1cnc(I)c(C(F)F)c1S(=O)(=O)Cl. The summed E-state index contributed by atoms with van der Waals surface area (Å²) in [5.41, 5.74) is -0.741. The van der Waals surface area contributed by atoms with Gasteiger partial charge in [0.1, 0.15) is 8.60 Å². The third-order valence-electron chi connectivity index (χ3n) is 1.67. The van der Waals surface area contributed by atoms with Gasteiger partial charge in [0.05, 0.1) is 18.9 Å². The van der Waals surface area contributed by atoms with E-state index in [1.165, 1.54) is 22.6 Å². The Morgan fingerprint density at radius 1 is 1.56 bits per heavy atom. The molecule has 9 heteroatoms. The molecule has 0 aliphatic rings. The average molecular weight is 384 g/mol. The number of halogens is 4. The molecule has 0 amide bonds. The summed E-state index contributed by atoms with van der Waals surface area (Å²) in [6.07, 6.45) is -1.97. The van der Waals surface area contributed by atoms with Gasteiger partial charge >= 0.3 is 0 Å². The summed E-state index contributed by atoms with van der Waals surface area (Å²) in [4.78, 5) is 2.87. The smallest absolute Gasteiger partial charge is 0.267 e. The third-order valence-corrected chi connectivity index (χ3v) is 3.90. The Kier molecular flexibility index (Phi) is 4.29. The fourth-order valence-electron chi connectivity index (χ4n) is 1.06. The number of hydrogen-bond acceptors (Lipinski definition) is 4. The Bertz CT molecular complexity index is 509. The van der Waals surface area contributed by atoms with Gasteiger partial charge < -0.3 is 4.74 Å². The molecule has 0 bridgehead atoms. The normalized spacial score (nSPS) is 11.9. The van der Waals surface area contributed by atoms with Crippen LogP contribution in [0.1, 0.15) is 12.0 Å². The van der Waals surface area contributed by atoms with Gasteiger partial charge in [0.2, 0.25) is 0 Å². The van der Waals surface area contributed by atoms with Crippen LogP contribution in [0.15, 0.2) is 11.1 Å². The van der Waals surface area contributed by atoms with Crippen LogP contribution in [0, 0.1) is 3.70 Å². The highest BCUT2D eigenvalue weighted by molar-refractivity contribution is 14.1. The molecule has 0 saturated carbocycles. The molecule has 0 fully saturated rings. The molecule has 0 saturated heterocycles. The summed E-state index contributed by atoms with van der Waals surface area (Å²) in [5, 5.41) is 0. The lowest BCUT2D eigenvalue weighted by Gasteiger charge is -2.11. The molecule has 90 valence electrons. The van der Waals surface area contributed by atoms with Crippen molar-refractivity contribution in [3.8, 4) is 5.75 Å². The molecular weight excluding hydrogens is 379 g/mol. The zero-order valence-electron chi connectivity index (χ0n) is 7.75. The van der Waals surface area contributed by atoms with Crippen molar-refractivity contribution in [3.05, 3.63) is 15.5 Å². The fourth-order valence-corrected chi connectivity index (χ4v) is 3.19. The summed E-state index contributed by atoms with van der Waals surface area (Å²) in [5.74, 6) is -0.300. The zero-order valence-corrected chi connectivity index (χ0v) is 11.5. The van der Waals surface area contributed by atoms with E-state index in [-0.39, 0.29) is 9.45 Å². The van der Waals surface area contributed by atoms with Gasteiger partial charge in [0.25, 0.3) is 15.5 Å². The van der Waals surface area contributed by atoms with Crippen molar-refractivity contribution in [1.82, 2.24) is 4.98 Å². The minimum atomic E-state index is -4.32. The van der Waals surface area contributed by atoms with Crippen LogP contribution in [0.5, 0.6) is 5.75 Å². The van der Waals surface area contributed by atoms with E-state index >= 15 is 0 Å². The van der Waals surface area contributed by atoms with Crippen molar-refractivity contribution in [2.75, 3.05) is 7.11 Å². The van der Waals surface area contributed by atoms with Gasteiger partial charge in [0, 0.05) is 10.7 Å². The summed E-state index contributed by atoms with van der Waals surface area (Å²) in [7, 11) is 1.91. The number of ether oxygens (including phenoxy) is 1. The van der Waals surface area contributed by atoms with E-state index in [0.29, 0.717) is 0 Å². The second kappa shape index (κ2) is 4.96. The highest BCUT2D eigenvalue weighted by atomic mass is 127. The van der Waals surface area contributed by atoms with Crippen LogP contribution in [-0.4, -0.2) is 20.5 Å². The van der Waals surface area contributed by atoms with E-state index in [4.69, 9.17) is 10.7 Å². The Morgan fingerprint density at radius 3 is 2.50 bits per heavy atom. The summed E-state index contributed by atoms with van der Waals surface area (Å²) in [6.45, 7) is 0. The molecule has 1 rings (SSSR count). The third kappa shape index (κ3) is 2.72. The standard InChI is InChI=1S/C7H5ClF2INO3S/c1-15-3-2-12-7(11)4(6(9)10)5(3)16(8,13)14/h2,6H,1H3. The van der Waals surface area contributed by atoms with Gasteiger partial charge in [-0.05, 0) is 22.6 Å². The first-order chi connectivity index (χ1) is 7.29. The van der Waals surface area contributed by atoms with Gasteiger partial charge in [-0.2, -0.15) is 0 Å². The van der Waals surface area contributed by atoms with Crippen molar-refractivity contribution in [1.29, 1.82) is 0 Å². The number of hydrogen-bond donors (Lipinski definition) is 0. The maximum absolute atomic E-state index is 12.7. The largest absolute Gasteiger partial charge is 0.494 e. The van der Waals surface area contributed by atoms with Gasteiger partial charge in [-0.15, -0.1) is 0 Å². The number of aromatic nitrogens is 1. The van der Waals surface area contributed by atoms with E-state index in [2.05, 4.69) is 9.72 Å². The molecule has 0 aliphatic carbocycles. The highest BCUT2D eigenvalue weighted by Crippen LogP contribution is 2.37. The lowest BCUT2D eigenvalue weighted by atomic mass is 10.3. The maximum Gasteiger partial charge on any atom is 0.267 e. The zero-order chi connectivity index (χ0) is 12.5. The van der Waals surface area contributed by atoms with Gasteiger partial charge in [-0.3, -0.25) is 0 Å². The number of nitrogens with zero attached hydrogens (tertiary/aromatic N) is 1. The lowest BCUT2D eigenvalue weighted by molar-refractivity contribution is 0.145. The summed E-state index contributed by atoms with van der Waals surface area (Å²) in [6, 6.07) is 0. The van der Waals surface area contributed by atoms with E-state index in [0.717, 1.165) is 13.3 Å². The maximum atomic E-state index is 12.7. The number of rotatable bonds is 3. The van der Waals surface area contributed by atoms with Crippen molar-refractivity contribution in [3.63, 3.8) is 0 Å². The van der Waals surface area contributed by atoms with Crippen LogP contribution in [0.25, 0.3) is 0 Å². The average Bonchev–Trinajstić information content (AvgIpc) is 2.15. The second-order valence-electron chi connectivity index (χ2n) is 2.60. The van der Waals surface area contributed by atoms with Gasteiger partial charge in [0.15, 0.2) is 5.75 Å². The van der Waals surface area contributed by atoms with Gasteiger partial charge in [-0.25, -0.2) is 22.2 Å². The molecule has 0 spiro atoms. The molecule has 1 heterocycles. The number of methoxy groups -OCH3 is 1. The Morgan fingerprint density at radius 2 is 2.12 bits per heavy atom.